The number of hydrogen-bond acceptors (Lipinski definition) is 4. The number of sulfonamides is 1. The molecule has 15 heavy (non-hydrogen) atoms. The predicted octanol–water partition coefficient (Wildman–Crippen LogP) is -1.12. The molecular weight excluding hydrogens is 214 g/mol. The van der Waals surface area contributed by atoms with Gasteiger partial charge in [0.05, 0.1) is 6.26 Å². The van der Waals surface area contributed by atoms with Crippen molar-refractivity contribution in [1.82, 2.24) is 14.1 Å². The number of likely N-dealkylation sites (tertiary alicyclic amines) is 1. The van der Waals surface area contributed by atoms with Crippen molar-refractivity contribution < 1.29 is 8.42 Å². The Morgan fingerprint density at radius 1 is 1.07 bits per heavy atom. The zero-order chi connectivity index (χ0) is 11.1. The third-order valence-electron chi connectivity index (χ3n) is 3.30. The van der Waals surface area contributed by atoms with Crippen LogP contribution < -0.4 is 0 Å². The first-order chi connectivity index (χ1) is 6.97. The molecule has 0 spiro atoms. The molecule has 0 aromatic heterocycles. The fourth-order valence-electron chi connectivity index (χ4n) is 2.30. The molecule has 2 fully saturated rings. The molecule has 0 aromatic carbocycles. The topological polar surface area (TPSA) is 43.9 Å². The van der Waals surface area contributed by atoms with E-state index in [-0.39, 0.29) is 0 Å². The fourth-order valence-corrected chi connectivity index (χ4v) is 3.12. The second kappa shape index (κ2) is 4.01. The zero-order valence-corrected chi connectivity index (χ0v) is 10.2. The average molecular weight is 233 g/mol. The van der Waals surface area contributed by atoms with Gasteiger partial charge in [0, 0.05) is 45.3 Å². The van der Waals surface area contributed by atoms with Gasteiger partial charge in [-0.1, -0.05) is 0 Å². The van der Waals surface area contributed by atoms with Gasteiger partial charge < -0.3 is 4.90 Å². The van der Waals surface area contributed by atoms with E-state index in [0.29, 0.717) is 19.1 Å². The van der Waals surface area contributed by atoms with E-state index in [1.165, 1.54) is 6.26 Å². The lowest BCUT2D eigenvalue weighted by Gasteiger charge is -2.46. The molecule has 0 aliphatic carbocycles. The van der Waals surface area contributed by atoms with E-state index in [2.05, 4.69) is 16.8 Å². The monoisotopic (exact) mass is 233 g/mol. The van der Waals surface area contributed by atoms with Crippen molar-refractivity contribution in [1.29, 1.82) is 0 Å². The van der Waals surface area contributed by atoms with Crippen molar-refractivity contribution >= 4 is 10.0 Å². The SMILES string of the molecule is CN1CC(N2CCN(S(C)(=O)=O)CC2)C1. The van der Waals surface area contributed by atoms with Gasteiger partial charge in [0.25, 0.3) is 0 Å². The maximum absolute atomic E-state index is 11.3. The first kappa shape index (κ1) is 11.3. The molecule has 0 N–H and O–H groups in total. The molecule has 0 unspecified atom stereocenters. The molecule has 0 atom stereocenters. The highest BCUT2D eigenvalue weighted by Gasteiger charge is 2.32. The average Bonchev–Trinajstić information content (AvgIpc) is 2.12. The van der Waals surface area contributed by atoms with Crippen molar-refractivity contribution in [2.45, 2.75) is 6.04 Å². The minimum atomic E-state index is -2.98. The van der Waals surface area contributed by atoms with Crippen molar-refractivity contribution in [3.63, 3.8) is 0 Å². The Kier molecular flexibility index (Phi) is 3.03. The normalized spacial score (nSPS) is 27.9. The van der Waals surface area contributed by atoms with Crippen molar-refractivity contribution in [3.8, 4) is 0 Å². The summed E-state index contributed by atoms with van der Waals surface area (Å²) in [6.07, 6.45) is 1.29. The van der Waals surface area contributed by atoms with Gasteiger partial charge in [0.2, 0.25) is 10.0 Å². The molecule has 0 aromatic rings. The molecule has 2 heterocycles. The summed E-state index contributed by atoms with van der Waals surface area (Å²) in [5.74, 6) is 0. The van der Waals surface area contributed by atoms with Crippen LogP contribution in [0.3, 0.4) is 0 Å². The number of hydrogen-bond donors (Lipinski definition) is 0. The van der Waals surface area contributed by atoms with E-state index < -0.39 is 10.0 Å². The summed E-state index contributed by atoms with van der Waals surface area (Å²) in [4.78, 5) is 4.69. The van der Waals surface area contributed by atoms with Gasteiger partial charge >= 0.3 is 0 Å². The quantitative estimate of drug-likeness (QED) is 0.606. The zero-order valence-electron chi connectivity index (χ0n) is 9.39. The summed E-state index contributed by atoms with van der Waals surface area (Å²) in [6, 6.07) is 0.650. The molecule has 0 amide bonds. The van der Waals surface area contributed by atoms with Gasteiger partial charge in [-0.15, -0.1) is 0 Å². The number of rotatable bonds is 2. The van der Waals surface area contributed by atoms with Crippen LogP contribution in [0.4, 0.5) is 0 Å². The Labute approximate surface area is 91.7 Å². The van der Waals surface area contributed by atoms with Gasteiger partial charge in [-0.3, -0.25) is 4.90 Å². The second-order valence-corrected chi connectivity index (χ2v) is 6.56. The number of likely N-dealkylation sites (N-methyl/N-ethyl adjacent to an activating group) is 1. The van der Waals surface area contributed by atoms with E-state index >= 15 is 0 Å². The maximum Gasteiger partial charge on any atom is 0.211 e. The molecule has 2 rings (SSSR count). The molecule has 2 saturated heterocycles. The second-order valence-electron chi connectivity index (χ2n) is 4.57. The minimum absolute atomic E-state index is 0.650. The minimum Gasteiger partial charge on any atom is -0.303 e. The Morgan fingerprint density at radius 3 is 2.00 bits per heavy atom. The van der Waals surface area contributed by atoms with E-state index in [4.69, 9.17) is 0 Å². The summed E-state index contributed by atoms with van der Waals surface area (Å²) in [6.45, 7) is 5.31. The molecular formula is C9H19N3O2S. The lowest BCUT2D eigenvalue weighted by Crippen LogP contribution is -2.62. The largest absolute Gasteiger partial charge is 0.303 e. The van der Waals surface area contributed by atoms with Crippen LogP contribution >= 0.6 is 0 Å². The lowest BCUT2D eigenvalue weighted by atomic mass is 10.1. The van der Waals surface area contributed by atoms with Crippen LogP contribution in [0.2, 0.25) is 0 Å². The molecule has 2 aliphatic heterocycles. The molecule has 0 bridgehead atoms. The Hall–Kier alpha value is -0.170. The van der Waals surface area contributed by atoms with Crippen molar-refractivity contribution in [3.05, 3.63) is 0 Å². The van der Waals surface area contributed by atoms with E-state index in [0.717, 1.165) is 26.2 Å². The van der Waals surface area contributed by atoms with E-state index in [1.807, 2.05) is 0 Å². The lowest BCUT2D eigenvalue weighted by molar-refractivity contribution is 0.0325. The van der Waals surface area contributed by atoms with E-state index in [9.17, 15) is 8.42 Å². The highest BCUT2D eigenvalue weighted by Crippen LogP contribution is 2.15. The molecule has 88 valence electrons. The van der Waals surface area contributed by atoms with Crippen LogP contribution in [-0.4, -0.2) is 81.1 Å². The molecule has 0 saturated carbocycles. The van der Waals surface area contributed by atoms with Crippen LogP contribution in [0, 0.1) is 0 Å². The highest BCUT2D eigenvalue weighted by atomic mass is 32.2. The van der Waals surface area contributed by atoms with Gasteiger partial charge in [0.1, 0.15) is 0 Å². The van der Waals surface area contributed by atoms with Gasteiger partial charge in [-0.2, -0.15) is 4.31 Å². The first-order valence-corrected chi connectivity index (χ1v) is 7.19. The molecule has 0 radical (unpaired) electrons. The van der Waals surface area contributed by atoms with Crippen LogP contribution in [0.5, 0.6) is 0 Å². The van der Waals surface area contributed by atoms with Crippen LogP contribution in [0.15, 0.2) is 0 Å². The maximum atomic E-state index is 11.3. The summed E-state index contributed by atoms with van der Waals surface area (Å²) in [7, 11) is -0.864. The van der Waals surface area contributed by atoms with Crippen LogP contribution in [-0.2, 0) is 10.0 Å². The standard InChI is InChI=1S/C9H19N3O2S/c1-10-7-9(8-10)11-3-5-12(6-4-11)15(2,13)14/h9H,3-8H2,1-2H3. The fraction of sp³-hybridized carbons (Fsp3) is 1.00. The number of piperazine rings is 1. The summed E-state index contributed by atoms with van der Waals surface area (Å²) in [5.41, 5.74) is 0. The smallest absolute Gasteiger partial charge is 0.211 e. The van der Waals surface area contributed by atoms with Gasteiger partial charge in [0.15, 0.2) is 0 Å². The summed E-state index contributed by atoms with van der Waals surface area (Å²) < 4.78 is 24.2. The Balaban J connectivity index is 1.82. The third-order valence-corrected chi connectivity index (χ3v) is 4.61. The van der Waals surface area contributed by atoms with Crippen molar-refractivity contribution in [2.75, 3.05) is 52.6 Å². The van der Waals surface area contributed by atoms with Crippen molar-refractivity contribution in [2.24, 2.45) is 0 Å². The third kappa shape index (κ3) is 2.50. The Bertz CT molecular complexity index is 316. The van der Waals surface area contributed by atoms with Gasteiger partial charge in [-0.05, 0) is 7.05 Å². The molecule has 2 aliphatic rings. The van der Waals surface area contributed by atoms with Crippen LogP contribution in [0.1, 0.15) is 0 Å². The van der Waals surface area contributed by atoms with E-state index in [1.54, 1.807) is 4.31 Å². The summed E-state index contributed by atoms with van der Waals surface area (Å²) in [5, 5.41) is 0. The highest BCUT2D eigenvalue weighted by molar-refractivity contribution is 7.88. The van der Waals surface area contributed by atoms with Crippen LogP contribution in [0.25, 0.3) is 0 Å². The number of nitrogens with zero attached hydrogens (tertiary/aromatic N) is 3. The van der Waals surface area contributed by atoms with Gasteiger partial charge in [-0.25, -0.2) is 8.42 Å². The molecule has 6 heteroatoms. The predicted molar refractivity (Wildman–Crippen MR) is 59.3 cm³/mol. The Morgan fingerprint density at radius 2 is 1.60 bits per heavy atom. The molecule has 5 nitrogen and oxygen atoms in total. The summed E-state index contributed by atoms with van der Waals surface area (Å²) >= 11 is 0. The first-order valence-electron chi connectivity index (χ1n) is 5.34.